The number of hydrogen-bond acceptors (Lipinski definition) is 4. The molecule has 0 aliphatic heterocycles. The van der Waals surface area contributed by atoms with Crippen molar-refractivity contribution in [2.45, 2.75) is 57.5 Å². The van der Waals surface area contributed by atoms with Crippen LogP contribution in [-0.2, 0) is 8.85 Å². The van der Waals surface area contributed by atoms with Crippen molar-refractivity contribution in [3.05, 3.63) is 0 Å². The molecule has 0 fully saturated rings. The molecule has 5 heteroatoms. The fourth-order valence-electron chi connectivity index (χ4n) is 1.98. The first-order valence-electron chi connectivity index (χ1n) is 6.55. The van der Waals surface area contributed by atoms with Gasteiger partial charge in [-0.15, -0.1) is 0 Å². The highest BCUT2D eigenvalue weighted by atomic mass is 28.4. The Hall–Kier alpha value is 0.0569. The minimum absolute atomic E-state index is 0. The van der Waals surface area contributed by atoms with Crippen molar-refractivity contribution in [3.63, 3.8) is 0 Å². The highest BCUT2D eigenvalue weighted by molar-refractivity contribution is 6.67. The maximum Gasteiger partial charge on any atom is 0.337 e. The summed E-state index contributed by atoms with van der Waals surface area (Å²) in [5.41, 5.74) is 5.51. The molecule has 0 atom stereocenters. The van der Waals surface area contributed by atoms with Gasteiger partial charge < -0.3 is 20.7 Å². The lowest BCUT2D eigenvalue weighted by molar-refractivity contribution is 0.238. The zero-order chi connectivity index (χ0) is 12.3. The van der Waals surface area contributed by atoms with E-state index in [2.05, 4.69) is 6.92 Å². The molecule has 0 aliphatic rings. The lowest BCUT2D eigenvalue weighted by Gasteiger charge is -2.27. The average Bonchev–Trinajstić information content (AvgIpc) is 2.33. The van der Waals surface area contributed by atoms with Gasteiger partial charge in [-0.05, 0) is 25.1 Å². The molecule has 0 spiro atoms. The third-order valence-corrected chi connectivity index (χ3v) is 6.89. The van der Waals surface area contributed by atoms with Gasteiger partial charge in [-0.2, -0.15) is 0 Å². The first-order valence-corrected chi connectivity index (χ1v) is 8.78. The van der Waals surface area contributed by atoms with Crippen molar-refractivity contribution in [1.29, 1.82) is 0 Å². The van der Waals surface area contributed by atoms with Crippen molar-refractivity contribution in [3.8, 4) is 0 Å². The second-order valence-corrected chi connectivity index (χ2v) is 8.01. The van der Waals surface area contributed by atoms with Gasteiger partial charge >= 0.3 is 8.56 Å². The Morgan fingerprint density at radius 2 is 1.41 bits per heavy atom. The predicted octanol–water partition coefficient (Wildman–Crippen LogP) is 3.20. The third kappa shape index (κ3) is 8.74. The summed E-state index contributed by atoms with van der Waals surface area (Å²) in [4.78, 5) is 0. The summed E-state index contributed by atoms with van der Waals surface area (Å²) in [6.07, 6.45) is 7.36. The summed E-state index contributed by atoms with van der Waals surface area (Å²) in [5, 5.41) is 0. The number of nitrogens with two attached hydrogens (primary N) is 1. The van der Waals surface area contributed by atoms with E-state index in [0.717, 1.165) is 31.5 Å². The molecule has 4 nitrogen and oxygen atoms in total. The smallest absolute Gasteiger partial charge is 0.337 e. The number of hydrogen-bond donors (Lipinski definition) is 2. The van der Waals surface area contributed by atoms with Crippen LogP contribution in [0.3, 0.4) is 0 Å². The predicted molar refractivity (Wildman–Crippen MR) is 76.8 cm³/mol. The first kappa shape index (κ1) is 19.4. The monoisotopic (exact) mass is 264 g/mol. The van der Waals surface area contributed by atoms with E-state index >= 15 is 0 Å². The van der Waals surface area contributed by atoms with E-state index in [4.69, 9.17) is 14.6 Å². The minimum Gasteiger partial charge on any atom is -0.398 e. The first-order chi connectivity index (χ1) is 7.74. The topological polar surface area (TPSA) is 79.5 Å². The molecule has 0 radical (unpaired) electrons. The highest BCUT2D eigenvalue weighted by Gasteiger charge is 2.33. The van der Waals surface area contributed by atoms with Crippen LogP contribution in [0, 0.1) is 0 Å². The molecule has 0 aliphatic carbocycles. The molecule has 0 amide bonds. The molecule has 106 valence electrons. The van der Waals surface area contributed by atoms with Gasteiger partial charge in [0, 0.05) is 14.2 Å². The second kappa shape index (κ2) is 12.5. The summed E-state index contributed by atoms with van der Waals surface area (Å²) in [5.74, 6) is 0. The van der Waals surface area contributed by atoms with Gasteiger partial charge in [0.1, 0.15) is 0 Å². The maximum absolute atomic E-state index is 5.69. The zero-order valence-corrected chi connectivity index (χ0v) is 13.0. The molecular formula is C12H32N2O2Si. The minimum atomic E-state index is -1.89. The van der Waals surface area contributed by atoms with E-state index in [9.17, 15) is 0 Å². The Kier molecular flexibility index (Phi) is 14.3. The molecule has 0 aromatic heterocycles. The van der Waals surface area contributed by atoms with E-state index in [1.807, 2.05) is 0 Å². The molecule has 0 unspecified atom stereocenters. The Bertz CT molecular complexity index is 155. The summed E-state index contributed by atoms with van der Waals surface area (Å²) >= 11 is 0. The molecule has 5 N–H and O–H groups in total. The largest absolute Gasteiger partial charge is 0.398 e. The quantitative estimate of drug-likeness (QED) is 0.443. The third-order valence-electron chi connectivity index (χ3n) is 3.17. The van der Waals surface area contributed by atoms with Gasteiger partial charge in [-0.3, -0.25) is 0 Å². The lowest BCUT2D eigenvalue weighted by Crippen LogP contribution is -2.39. The Balaban J connectivity index is 0. The Labute approximate surface area is 108 Å². The van der Waals surface area contributed by atoms with Crippen LogP contribution in [0.15, 0.2) is 0 Å². The summed E-state index contributed by atoms with van der Waals surface area (Å²) in [6.45, 7) is 3.01. The maximum atomic E-state index is 5.69. The van der Waals surface area contributed by atoms with Crippen LogP contribution in [0.2, 0.25) is 12.1 Å². The van der Waals surface area contributed by atoms with Crippen molar-refractivity contribution in [1.82, 2.24) is 6.15 Å². The molecule has 0 saturated heterocycles. The molecule has 0 heterocycles. The molecule has 0 aromatic carbocycles. The van der Waals surface area contributed by atoms with Crippen molar-refractivity contribution >= 4 is 8.56 Å². The van der Waals surface area contributed by atoms with Crippen molar-refractivity contribution < 1.29 is 8.85 Å². The Morgan fingerprint density at radius 1 is 0.882 bits per heavy atom. The van der Waals surface area contributed by atoms with E-state index in [1.165, 1.54) is 25.7 Å². The van der Waals surface area contributed by atoms with Crippen LogP contribution >= 0.6 is 0 Å². The van der Waals surface area contributed by atoms with E-state index in [0.29, 0.717) is 0 Å². The molecule has 0 saturated carbocycles. The fourth-order valence-corrected chi connectivity index (χ4v) is 4.79. The standard InChI is InChI=1S/C12H29NO2Si.H3N/c1-4-5-6-8-11-16(14-2,15-3)12-9-7-10-13;/h4-13H2,1-3H3;1H3. The van der Waals surface area contributed by atoms with Gasteiger partial charge in [-0.25, -0.2) is 0 Å². The second-order valence-electron chi connectivity index (χ2n) is 4.38. The van der Waals surface area contributed by atoms with Gasteiger partial charge in [-0.1, -0.05) is 39.0 Å². The number of rotatable bonds is 11. The lowest BCUT2D eigenvalue weighted by atomic mass is 10.2. The Morgan fingerprint density at radius 3 is 1.82 bits per heavy atom. The van der Waals surface area contributed by atoms with E-state index < -0.39 is 8.56 Å². The normalized spacial score (nSPS) is 11.3. The van der Waals surface area contributed by atoms with Gasteiger partial charge in [0.25, 0.3) is 0 Å². The molecule has 17 heavy (non-hydrogen) atoms. The van der Waals surface area contributed by atoms with Crippen LogP contribution < -0.4 is 11.9 Å². The molecule has 0 rings (SSSR count). The SMILES string of the molecule is CCCCCC[Si](CCCCN)(OC)OC.N. The van der Waals surface area contributed by atoms with Crippen LogP contribution in [-0.4, -0.2) is 29.3 Å². The van der Waals surface area contributed by atoms with Crippen molar-refractivity contribution in [2.24, 2.45) is 5.73 Å². The molecule has 0 bridgehead atoms. The van der Waals surface area contributed by atoms with Gasteiger partial charge in [0.2, 0.25) is 0 Å². The zero-order valence-electron chi connectivity index (χ0n) is 12.0. The van der Waals surface area contributed by atoms with Crippen molar-refractivity contribution in [2.75, 3.05) is 20.8 Å². The summed E-state index contributed by atoms with van der Waals surface area (Å²) < 4.78 is 11.4. The average molecular weight is 264 g/mol. The highest BCUT2D eigenvalue weighted by Crippen LogP contribution is 2.23. The molecular weight excluding hydrogens is 232 g/mol. The summed E-state index contributed by atoms with van der Waals surface area (Å²) in [7, 11) is 1.72. The van der Waals surface area contributed by atoms with Crippen LogP contribution in [0.4, 0.5) is 0 Å². The van der Waals surface area contributed by atoms with Crippen LogP contribution in [0.25, 0.3) is 0 Å². The van der Waals surface area contributed by atoms with Crippen LogP contribution in [0.5, 0.6) is 0 Å². The van der Waals surface area contributed by atoms with Gasteiger partial charge in [0.05, 0.1) is 0 Å². The van der Waals surface area contributed by atoms with Gasteiger partial charge in [0.15, 0.2) is 0 Å². The summed E-state index contributed by atoms with van der Waals surface area (Å²) in [6, 6.07) is 2.22. The van der Waals surface area contributed by atoms with Crippen LogP contribution in [0.1, 0.15) is 45.4 Å². The van der Waals surface area contributed by atoms with E-state index in [1.54, 1.807) is 14.2 Å². The fraction of sp³-hybridized carbons (Fsp3) is 1.00. The molecule has 0 aromatic rings. The number of unbranched alkanes of at least 4 members (excludes halogenated alkanes) is 4. The van der Waals surface area contributed by atoms with E-state index in [-0.39, 0.29) is 6.15 Å².